The molecule has 1 amide bonds. The van der Waals surface area contributed by atoms with Gasteiger partial charge < -0.3 is 15.1 Å². The summed E-state index contributed by atoms with van der Waals surface area (Å²) in [6.07, 6.45) is 4.74. The summed E-state index contributed by atoms with van der Waals surface area (Å²) in [4.78, 5) is 17.1. The number of rotatable bonds is 2. The minimum atomic E-state index is 0.0687. The predicted molar refractivity (Wildman–Crippen MR) is 66.7 cm³/mol. The molecule has 2 atom stereocenters. The molecule has 0 saturated carbocycles. The number of fused-ring (bicyclic) bond motifs is 3. The van der Waals surface area contributed by atoms with E-state index in [1.54, 1.807) is 0 Å². The van der Waals surface area contributed by atoms with Crippen LogP contribution in [0.4, 0.5) is 0 Å². The average Bonchev–Trinajstić information content (AvgIpc) is 2.40. The number of amides is 1. The number of hydrogen-bond acceptors (Lipinski definition) is 3. The molecule has 0 aromatic rings. The maximum atomic E-state index is 12.4. The highest BCUT2D eigenvalue weighted by Crippen LogP contribution is 2.32. The third-order valence-electron chi connectivity index (χ3n) is 4.84. The summed E-state index contributed by atoms with van der Waals surface area (Å²) in [5.41, 5.74) is 0. The molecular weight excluding hydrogens is 214 g/mol. The number of nitrogens with zero attached hydrogens (tertiary/aromatic N) is 2. The van der Waals surface area contributed by atoms with Crippen LogP contribution in [0.3, 0.4) is 0 Å². The number of hydrogen-bond donors (Lipinski definition) is 1. The maximum absolute atomic E-state index is 12.4. The first-order valence-electron chi connectivity index (χ1n) is 6.99. The van der Waals surface area contributed by atoms with Crippen molar-refractivity contribution in [3.05, 3.63) is 0 Å². The molecule has 2 unspecified atom stereocenters. The second-order valence-corrected chi connectivity index (χ2v) is 5.72. The summed E-state index contributed by atoms with van der Waals surface area (Å²) < 4.78 is 0. The Labute approximate surface area is 103 Å². The van der Waals surface area contributed by atoms with Crippen LogP contribution in [0.2, 0.25) is 0 Å². The molecule has 4 aliphatic rings. The van der Waals surface area contributed by atoms with E-state index in [-0.39, 0.29) is 6.04 Å². The monoisotopic (exact) mass is 237 g/mol. The zero-order chi connectivity index (χ0) is 11.8. The van der Waals surface area contributed by atoms with Crippen molar-refractivity contribution in [2.45, 2.75) is 37.8 Å². The fourth-order valence-electron chi connectivity index (χ4n) is 3.78. The highest BCUT2D eigenvalue weighted by Gasteiger charge is 2.41. The molecule has 4 aliphatic heterocycles. The van der Waals surface area contributed by atoms with E-state index in [2.05, 4.69) is 15.1 Å². The second kappa shape index (κ2) is 4.58. The van der Waals surface area contributed by atoms with Crippen molar-refractivity contribution in [2.75, 3.05) is 33.2 Å². The van der Waals surface area contributed by atoms with Crippen LogP contribution >= 0.6 is 0 Å². The Bertz CT molecular complexity index is 299. The predicted octanol–water partition coefficient (Wildman–Crippen LogP) is 0.291. The average molecular weight is 237 g/mol. The Morgan fingerprint density at radius 1 is 1.18 bits per heavy atom. The molecular formula is C13H23N3O. The molecule has 96 valence electrons. The summed E-state index contributed by atoms with van der Waals surface area (Å²) in [5.74, 6) is 1.11. The van der Waals surface area contributed by atoms with Crippen molar-refractivity contribution >= 4 is 5.91 Å². The van der Waals surface area contributed by atoms with Crippen molar-refractivity contribution in [3.8, 4) is 0 Å². The smallest absolute Gasteiger partial charge is 0.239 e. The van der Waals surface area contributed by atoms with Gasteiger partial charge in [0.1, 0.15) is 0 Å². The highest BCUT2D eigenvalue weighted by atomic mass is 16.2. The minimum Gasteiger partial charge on any atom is -0.337 e. The third-order valence-corrected chi connectivity index (χ3v) is 4.84. The van der Waals surface area contributed by atoms with Gasteiger partial charge in [0.25, 0.3) is 0 Å². The molecule has 0 spiro atoms. The van der Waals surface area contributed by atoms with Crippen LogP contribution in [0.5, 0.6) is 0 Å². The molecule has 17 heavy (non-hydrogen) atoms. The van der Waals surface area contributed by atoms with E-state index in [0.29, 0.717) is 11.9 Å². The summed E-state index contributed by atoms with van der Waals surface area (Å²) in [7, 11) is 1.91. The Hall–Kier alpha value is -0.610. The van der Waals surface area contributed by atoms with Crippen LogP contribution in [-0.2, 0) is 4.79 Å². The van der Waals surface area contributed by atoms with Gasteiger partial charge in [0, 0.05) is 19.1 Å². The van der Waals surface area contributed by atoms with E-state index in [1.807, 2.05) is 7.05 Å². The van der Waals surface area contributed by atoms with Crippen molar-refractivity contribution in [1.82, 2.24) is 15.1 Å². The normalized spacial score (nSPS) is 41.9. The van der Waals surface area contributed by atoms with E-state index >= 15 is 0 Å². The first-order valence-corrected chi connectivity index (χ1v) is 6.99. The number of carbonyl (C=O) groups is 1. The van der Waals surface area contributed by atoms with Crippen LogP contribution in [0.15, 0.2) is 0 Å². The number of likely N-dealkylation sites (tertiary alicyclic amines) is 1. The number of likely N-dealkylation sites (N-methyl/N-ethyl adjacent to an activating group) is 1. The van der Waals surface area contributed by atoms with Crippen molar-refractivity contribution in [2.24, 2.45) is 5.92 Å². The van der Waals surface area contributed by atoms with Crippen LogP contribution < -0.4 is 5.32 Å². The standard InChI is InChI=1S/C13H23N3O/c1-14-11-3-2-6-16(13(11)17)12-9-15-7-4-10(12)5-8-15/h10-12,14H,2-9H2,1H3. The molecule has 4 saturated heterocycles. The lowest BCUT2D eigenvalue weighted by Gasteiger charge is -2.50. The van der Waals surface area contributed by atoms with Gasteiger partial charge in [-0.25, -0.2) is 0 Å². The van der Waals surface area contributed by atoms with Gasteiger partial charge in [0.05, 0.1) is 6.04 Å². The van der Waals surface area contributed by atoms with E-state index in [1.165, 1.54) is 25.9 Å². The van der Waals surface area contributed by atoms with E-state index < -0.39 is 0 Å². The van der Waals surface area contributed by atoms with Crippen molar-refractivity contribution in [1.29, 1.82) is 0 Å². The molecule has 4 heterocycles. The van der Waals surface area contributed by atoms with E-state index in [4.69, 9.17) is 0 Å². The minimum absolute atomic E-state index is 0.0687. The van der Waals surface area contributed by atoms with Gasteiger partial charge in [0.2, 0.25) is 5.91 Å². The van der Waals surface area contributed by atoms with E-state index in [9.17, 15) is 4.79 Å². The molecule has 4 heteroatoms. The lowest BCUT2D eigenvalue weighted by molar-refractivity contribution is -0.143. The van der Waals surface area contributed by atoms with Gasteiger partial charge in [-0.1, -0.05) is 0 Å². The third kappa shape index (κ3) is 1.97. The largest absolute Gasteiger partial charge is 0.337 e. The topological polar surface area (TPSA) is 35.6 Å². The summed E-state index contributed by atoms with van der Waals surface area (Å²) >= 11 is 0. The molecule has 4 rings (SSSR count). The Morgan fingerprint density at radius 2 is 1.94 bits per heavy atom. The van der Waals surface area contributed by atoms with E-state index in [0.717, 1.165) is 31.8 Å². The molecule has 2 bridgehead atoms. The number of piperidine rings is 4. The number of nitrogens with one attached hydrogen (secondary N) is 1. The molecule has 0 aromatic heterocycles. The van der Waals surface area contributed by atoms with Gasteiger partial charge in [-0.05, 0) is 51.7 Å². The Balaban J connectivity index is 1.73. The van der Waals surface area contributed by atoms with Crippen LogP contribution in [0.25, 0.3) is 0 Å². The Kier molecular flexibility index (Phi) is 3.09. The highest BCUT2D eigenvalue weighted by molar-refractivity contribution is 5.83. The lowest BCUT2D eigenvalue weighted by Crippen LogP contribution is -2.62. The van der Waals surface area contributed by atoms with Crippen LogP contribution in [-0.4, -0.2) is 61.0 Å². The van der Waals surface area contributed by atoms with Gasteiger partial charge in [0.15, 0.2) is 0 Å². The SMILES string of the molecule is CNC1CCCN(C2CN3CCC2CC3)C1=O. The molecule has 0 aliphatic carbocycles. The van der Waals surface area contributed by atoms with Gasteiger partial charge in [-0.3, -0.25) is 4.79 Å². The van der Waals surface area contributed by atoms with Gasteiger partial charge in [-0.2, -0.15) is 0 Å². The molecule has 4 nitrogen and oxygen atoms in total. The molecule has 0 aromatic carbocycles. The fraction of sp³-hybridized carbons (Fsp3) is 0.923. The van der Waals surface area contributed by atoms with Gasteiger partial charge >= 0.3 is 0 Å². The summed E-state index contributed by atoms with van der Waals surface area (Å²) in [6, 6.07) is 0.570. The van der Waals surface area contributed by atoms with Crippen LogP contribution in [0.1, 0.15) is 25.7 Å². The molecule has 1 N–H and O–H groups in total. The van der Waals surface area contributed by atoms with Crippen LogP contribution in [0, 0.1) is 5.92 Å². The summed E-state index contributed by atoms with van der Waals surface area (Å²) in [5, 5.41) is 3.16. The Morgan fingerprint density at radius 3 is 2.53 bits per heavy atom. The zero-order valence-electron chi connectivity index (χ0n) is 10.7. The zero-order valence-corrected chi connectivity index (χ0v) is 10.7. The maximum Gasteiger partial charge on any atom is 0.239 e. The first-order chi connectivity index (χ1) is 8.29. The fourth-order valence-corrected chi connectivity index (χ4v) is 3.78. The molecule has 4 fully saturated rings. The lowest BCUT2D eigenvalue weighted by atomic mass is 9.82. The van der Waals surface area contributed by atoms with Crippen molar-refractivity contribution < 1.29 is 4.79 Å². The quantitative estimate of drug-likeness (QED) is 0.750. The first kappa shape index (κ1) is 11.5. The van der Waals surface area contributed by atoms with Gasteiger partial charge in [-0.15, -0.1) is 0 Å². The summed E-state index contributed by atoms with van der Waals surface area (Å²) in [6.45, 7) is 4.59. The second-order valence-electron chi connectivity index (χ2n) is 5.72. The number of carbonyl (C=O) groups excluding carboxylic acids is 1. The van der Waals surface area contributed by atoms with Crippen molar-refractivity contribution in [3.63, 3.8) is 0 Å². The molecule has 0 radical (unpaired) electrons.